The Hall–Kier alpha value is -4.24. The fraction of sp³-hybridized carbons (Fsp3) is 0.160. The number of non-ortho nitro benzene ring substituents is 1. The number of amides is 2. The molecular formula is C25H22ClN3O6. The number of rotatable bonds is 9. The molecule has 0 bridgehead atoms. The molecule has 3 aromatic carbocycles. The van der Waals surface area contributed by atoms with Crippen molar-refractivity contribution in [3.8, 4) is 0 Å². The van der Waals surface area contributed by atoms with Crippen LogP contribution >= 0.6 is 11.6 Å². The maximum Gasteiger partial charge on any atom is 0.408 e. The minimum atomic E-state index is -0.975. The van der Waals surface area contributed by atoms with E-state index in [0.717, 1.165) is 11.6 Å². The van der Waals surface area contributed by atoms with Crippen LogP contribution in [0.2, 0.25) is 5.02 Å². The number of hydrogen-bond acceptors (Lipinski definition) is 6. The van der Waals surface area contributed by atoms with Gasteiger partial charge in [0.05, 0.1) is 21.2 Å². The number of nitrogens with one attached hydrogen (secondary N) is 2. The molecule has 0 heterocycles. The predicted molar refractivity (Wildman–Crippen MR) is 130 cm³/mol. The fourth-order valence-electron chi connectivity index (χ4n) is 3.21. The lowest BCUT2D eigenvalue weighted by atomic mass is 10.0. The van der Waals surface area contributed by atoms with Gasteiger partial charge in [0.2, 0.25) is 5.91 Å². The molecule has 180 valence electrons. The minimum Gasteiger partial charge on any atom is -0.445 e. The topological polar surface area (TPSA) is 128 Å². The first-order valence-electron chi connectivity index (χ1n) is 10.7. The van der Waals surface area contributed by atoms with Crippen molar-refractivity contribution in [2.24, 2.45) is 0 Å². The number of nitrogens with zero attached hydrogens (tertiary/aromatic N) is 1. The lowest BCUT2D eigenvalue weighted by Crippen LogP contribution is -2.43. The average molecular weight is 496 g/mol. The third-order valence-corrected chi connectivity index (χ3v) is 5.39. The Morgan fingerprint density at radius 2 is 1.69 bits per heavy atom. The number of nitro groups is 1. The summed E-state index contributed by atoms with van der Waals surface area (Å²) in [5.74, 6) is -1.22. The summed E-state index contributed by atoms with van der Waals surface area (Å²) in [6.07, 6.45) is -0.556. The second-order valence-corrected chi connectivity index (χ2v) is 7.86. The molecule has 0 aliphatic carbocycles. The molecule has 0 radical (unpaired) electrons. The molecule has 0 saturated heterocycles. The normalized spacial score (nSPS) is 11.3. The summed E-state index contributed by atoms with van der Waals surface area (Å²) in [7, 11) is 0. The molecule has 3 rings (SSSR count). The monoisotopic (exact) mass is 495 g/mol. The van der Waals surface area contributed by atoms with Crippen molar-refractivity contribution in [2.75, 3.05) is 5.32 Å². The number of carbonyl (C=O) groups excluding carboxylic acids is 3. The molecule has 0 aromatic heterocycles. The van der Waals surface area contributed by atoms with Crippen LogP contribution in [0.3, 0.4) is 0 Å². The smallest absolute Gasteiger partial charge is 0.408 e. The summed E-state index contributed by atoms with van der Waals surface area (Å²) in [4.78, 5) is 48.9. The predicted octanol–water partition coefficient (Wildman–Crippen LogP) is 5.12. The van der Waals surface area contributed by atoms with Crippen LogP contribution in [0.4, 0.5) is 16.2 Å². The SMILES string of the molecule is CCC(NC(=O)OCc1ccccc1)C(=O)Nc1ccc([N+](=O)[O-])cc1C(=O)c1ccccc1Cl. The van der Waals surface area contributed by atoms with E-state index in [1.807, 2.05) is 18.2 Å². The minimum absolute atomic E-state index is 0.0313. The van der Waals surface area contributed by atoms with Gasteiger partial charge in [0.25, 0.3) is 5.69 Å². The number of benzene rings is 3. The van der Waals surface area contributed by atoms with Crippen molar-refractivity contribution in [1.82, 2.24) is 5.32 Å². The Kier molecular flexibility index (Phi) is 8.53. The van der Waals surface area contributed by atoms with Crippen LogP contribution in [0.1, 0.15) is 34.8 Å². The molecule has 1 atom stereocenters. The summed E-state index contributed by atoms with van der Waals surface area (Å²) < 4.78 is 5.16. The molecule has 9 nitrogen and oxygen atoms in total. The lowest BCUT2D eigenvalue weighted by molar-refractivity contribution is -0.384. The van der Waals surface area contributed by atoms with E-state index in [-0.39, 0.29) is 40.6 Å². The highest BCUT2D eigenvalue weighted by Gasteiger charge is 2.24. The first-order valence-corrected chi connectivity index (χ1v) is 11.0. The van der Waals surface area contributed by atoms with Crippen molar-refractivity contribution in [1.29, 1.82) is 0 Å². The molecule has 0 fully saturated rings. The zero-order valence-corrected chi connectivity index (χ0v) is 19.5. The van der Waals surface area contributed by atoms with Gasteiger partial charge in [-0.3, -0.25) is 19.7 Å². The second kappa shape index (κ2) is 11.8. The van der Waals surface area contributed by atoms with Crippen LogP contribution in [0.5, 0.6) is 0 Å². The molecule has 2 N–H and O–H groups in total. The Labute approximate surface area is 206 Å². The van der Waals surface area contributed by atoms with Crippen LogP contribution in [-0.4, -0.2) is 28.7 Å². The molecule has 0 saturated carbocycles. The van der Waals surface area contributed by atoms with Gasteiger partial charge in [-0.25, -0.2) is 4.79 Å². The Morgan fingerprint density at radius 3 is 2.34 bits per heavy atom. The average Bonchev–Trinajstić information content (AvgIpc) is 2.86. The van der Waals surface area contributed by atoms with Crippen LogP contribution in [0, 0.1) is 10.1 Å². The van der Waals surface area contributed by atoms with Gasteiger partial charge in [-0.1, -0.05) is 61.0 Å². The quantitative estimate of drug-likeness (QED) is 0.241. The van der Waals surface area contributed by atoms with Crippen molar-refractivity contribution in [3.05, 3.63) is 105 Å². The standard InChI is InChI=1S/C25H22ClN3O6/c1-2-21(28-25(32)35-15-16-8-4-3-5-9-16)24(31)27-22-13-12-17(29(33)34)14-19(22)23(30)18-10-6-7-11-20(18)26/h3-14,21H,2,15H2,1H3,(H,27,31)(H,28,32). The van der Waals surface area contributed by atoms with E-state index >= 15 is 0 Å². The second-order valence-electron chi connectivity index (χ2n) is 7.45. The fourth-order valence-corrected chi connectivity index (χ4v) is 3.43. The lowest BCUT2D eigenvalue weighted by Gasteiger charge is -2.18. The van der Waals surface area contributed by atoms with Crippen LogP contribution < -0.4 is 10.6 Å². The van der Waals surface area contributed by atoms with E-state index < -0.39 is 28.7 Å². The van der Waals surface area contributed by atoms with Gasteiger partial charge < -0.3 is 15.4 Å². The number of anilines is 1. The van der Waals surface area contributed by atoms with E-state index in [9.17, 15) is 24.5 Å². The van der Waals surface area contributed by atoms with Gasteiger partial charge in [0.15, 0.2) is 5.78 Å². The van der Waals surface area contributed by atoms with Gasteiger partial charge in [-0.15, -0.1) is 0 Å². The summed E-state index contributed by atoms with van der Waals surface area (Å²) in [5.41, 5.74) is 0.521. The number of nitro benzene ring substituents is 1. The van der Waals surface area contributed by atoms with Crippen LogP contribution in [-0.2, 0) is 16.1 Å². The van der Waals surface area contributed by atoms with Crippen LogP contribution in [0.15, 0.2) is 72.8 Å². The molecule has 0 aliphatic rings. The first-order chi connectivity index (χ1) is 16.8. The van der Waals surface area contributed by atoms with Crippen molar-refractivity contribution in [2.45, 2.75) is 26.0 Å². The van der Waals surface area contributed by atoms with Crippen molar-refractivity contribution >= 4 is 40.8 Å². The van der Waals surface area contributed by atoms with Gasteiger partial charge in [0.1, 0.15) is 12.6 Å². The zero-order chi connectivity index (χ0) is 25.4. The Bertz CT molecular complexity index is 1250. The van der Waals surface area contributed by atoms with E-state index in [1.165, 1.54) is 24.3 Å². The highest BCUT2D eigenvalue weighted by molar-refractivity contribution is 6.35. The van der Waals surface area contributed by atoms with Gasteiger partial charge in [-0.05, 0) is 30.2 Å². The number of ketones is 1. The summed E-state index contributed by atoms with van der Waals surface area (Å²) in [6.45, 7) is 1.72. The largest absolute Gasteiger partial charge is 0.445 e. The first kappa shape index (κ1) is 25.4. The number of carbonyl (C=O) groups is 3. The van der Waals surface area contributed by atoms with E-state index in [1.54, 1.807) is 31.2 Å². The number of alkyl carbamates (subject to hydrolysis) is 1. The maximum atomic E-state index is 13.1. The molecular weight excluding hydrogens is 474 g/mol. The molecule has 10 heteroatoms. The Balaban J connectivity index is 1.77. The van der Waals surface area contributed by atoms with E-state index in [4.69, 9.17) is 16.3 Å². The summed E-state index contributed by atoms with van der Waals surface area (Å²) >= 11 is 6.13. The summed E-state index contributed by atoms with van der Waals surface area (Å²) in [6, 6.07) is 17.8. The van der Waals surface area contributed by atoms with Gasteiger partial charge in [0, 0.05) is 17.7 Å². The third kappa shape index (κ3) is 6.64. The van der Waals surface area contributed by atoms with Gasteiger partial charge in [-0.2, -0.15) is 0 Å². The molecule has 0 aliphatic heterocycles. The van der Waals surface area contributed by atoms with Crippen molar-refractivity contribution in [3.63, 3.8) is 0 Å². The molecule has 2 amide bonds. The molecule has 1 unspecified atom stereocenters. The number of halogens is 1. The highest BCUT2D eigenvalue weighted by Crippen LogP contribution is 2.27. The highest BCUT2D eigenvalue weighted by atomic mass is 35.5. The van der Waals surface area contributed by atoms with Gasteiger partial charge >= 0.3 is 6.09 Å². The zero-order valence-electron chi connectivity index (χ0n) is 18.7. The summed E-state index contributed by atoms with van der Waals surface area (Å²) in [5, 5.41) is 16.5. The molecule has 0 spiro atoms. The third-order valence-electron chi connectivity index (χ3n) is 5.06. The maximum absolute atomic E-state index is 13.1. The van der Waals surface area contributed by atoms with E-state index in [0.29, 0.717) is 0 Å². The molecule has 35 heavy (non-hydrogen) atoms. The van der Waals surface area contributed by atoms with Crippen LogP contribution in [0.25, 0.3) is 0 Å². The van der Waals surface area contributed by atoms with Crippen molar-refractivity contribution < 1.29 is 24.0 Å². The Morgan fingerprint density at radius 1 is 1.00 bits per heavy atom. The number of hydrogen-bond donors (Lipinski definition) is 2. The van der Waals surface area contributed by atoms with E-state index in [2.05, 4.69) is 10.6 Å². The molecule has 3 aromatic rings. The number of ether oxygens (including phenoxy) is 1.